The number of methoxy groups -OCH3 is 1. The minimum Gasteiger partial charge on any atom is -0.465 e. The Morgan fingerprint density at radius 3 is 2.61 bits per heavy atom. The van der Waals surface area contributed by atoms with Crippen LogP contribution in [-0.4, -0.2) is 24.0 Å². The van der Waals surface area contributed by atoms with E-state index in [1.165, 1.54) is 13.3 Å². The summed E-state index contributed by atoms with van der Waals surface area (Å²) in [6.07, 6.45) is 1.54. The number of pyridine rings is 1. The fraction of sp³-hybridized carbons (Fsp3) is 0.0952. The Hall–Kier alpha value is -3.38. The molecule has 0 radical (unpaired) electrons. The molecule has 142 valence electrons. The molecule has 28 heavy (non-hydrogen) atoms. The van der Waals surface area contributed by atoms with Crippen molar-refractivity contribution >= 4 is 35.0 Å². The maximum atomic E-state index is 12.6. The van der Waals surface area contributed by atoms with Crippen molar-refractivity contribution in [3.63, 3.8) is 0 Å². The van der Waals surface area contributed by atoms with Gasteiger partial charge in [0.25, 0.3) is 5.91 Å². The Labute approximate surface area is 167 Å². The molecule has 0 bridgehead atoms. The molecule has 0 aliphatic heterocycles. The van der Waals surface area contributed by atoms with Gasteiger partial charge in [-0.2, -0.15) is 0 Å². The van der Waals surface area contributed by atoms with Gasteiger partial charge in [0.2, 0.25) is 0 Å². The van der Waals surface area contributed by atoms with Crippen molar-refractivity contribution in [2.75, 3.05) is 17.7 Å². The minimum absolute atomic E-state index is 0.282. The number of nitrogens with one attached hydrogen (secondary N) is 2. The number of rotatable bonds is 6. The van der Waals surface area contributed by atoms with Gasteiger partial charge in [-0.15, -0.1) is 0 Å². The largest absolute Gasteiger partial charge is 0.465 e. The number of ether oxygens (including phenoxy) is 1. The number of benzene rings is 2. The third-order valence-corrected chi connectivity index (χ3v) is 4.39. The van der Waals surface area contributed by atoms with Gasteiger partial charge in [0, 0.05) is 23.3 Å². The molecular weight excluding hydrogens is 378 g/mol. The Bertz CT molecular complexity index is 1010. The zero-order valence-electron chi connectivity index (χ0n) is 15.1. The van der Waals surface area contributed by atoms with Gasteiger partial charge in [0.05, 0.1) is 18.4 Å². The highest BCUT2D eigenvalue weighted by atomic mass is 35.5. The molecule has 0 fully saturated rings. The Balaban J connectivity index is 1.73. The summed E-state index contributed by atoms with van der Waals surface area (Å²) in [4.78, 5) is 28.7. The molecule has 7 heteroatoms. The summed E-state index contributed by atoms with van der Waals surface area (Å²) < 4.78 is 4.75. The predicted molar refractivity (Wildman–Crippen MR) is 109 cm³/mol. The van der Waals surface area contributed by atoms with Crippen molar-refractivity contribution < 1.29 is 14.3 Å². The third-order valence-electron chi connectivity index (χ3n) is 4.02. The van der Waals surface area contributed by atoms with E-state index < -0.39 is 5.97 Å². The van der Waals surface area contributed by atoms with Crippen LogP contribution in [0.25, 0.3) is 0 Å². The zero-order chi connectivity index (χ0) is 19.9. The Morgan fingerprint density at radius 2 is 1.82 bits per heavy atom. The smallest absolute Gasteiger partial charge is 0.339 e. The average molecular weight is 396 g/mol. The fourth-order valence-corrected chi connectivity index (χ4v) is 2.77. The molecule has 0 aliphatic carbocycles. The van der Waals surface area contributed by atoms with Crippen LogP contribution < -0.4 is 10.6 Å². The van der Waals surface area contributed by atoms with E-state index in [0.29, 0.717) is 28.6 Å². The van der Waals surface area contributed by atoms with Crippen molar-refractivity contribution in [1.29, 1.82) is 0 Å². The van der Waals surface area contributed by atoms with Gasteiger partial charge in [0.1, 0.15) is 5.82 Å². The average Bonchev–Trinajstić information content (AvgIpc) is 2.73. The van der Waals surface area contributed by atoms with E-state index in [9.17, 15) is 9.59 Å². The molecule has 2 aromatic carbocycles. The normalized spacial score (nSPS) is 10.2. The third kappa shape index (κ3) is 4.66. The van der Waals surface area contributed by atoms with Crippen LogP contribution in [0.3, 0.4) is 0 Å². The van der Waals surface area contributed by atoms with Gasteiger partial charge in [-0.25, -0.2) is 9.78 Å². The second kappa shape index (κ2) is 9.01. The summed E-state index contributed by atoms with van der Waals surface area (Å²) in [5.41, 5.74) is 1.98. The Morgan fingerprint density at radius 1 is 1.07 bits per heavy atom. The first-order valence-corrected chi connectivity index (χ1v) is 8.88. The summed E-state index contributed by atoms with van der Waals surface area (Å²) in [6, 6.07) is 17.4. The monoisotopic (exact) mass is 395 g/mol. The van der Waals surface area contributed by atoms with E-state index in [1.54, 1.807) is 36.4 Å². The van der Waals surface area contributed by atoms with E-state index in [2.05, 4.69) is 15.6 Å². The molecule has 3 aromatic rings. The van der Waals surface area contributed by atoms with Crippen molar-refractivity contribution in [3.8, 4) is 0 Å². The number of esters is 1. The fourth-order valence-electron chi connectivity index (χ4n) is 2.57. The van der Waals surface area contributed by atoms with E-state index in [-0.39, 0.29) is 11.5 Å². The molecular formula is C21H18ClN3O3. The summed E-state index contributed by atoms with van der Waals surface area (Å²) in [5.74, 6) is -0.346. The predicted octanol–water partition coefficient (Wildman–Crippen LogP) is 4.39. The lowest BCUT2D eigenvalue weighted by Gasteiger charge is -2.11. The topological polar surface area (TPSA) is 80.3 Å². The number of nitrogens with zero attached hydrogens (tertiary/aromatic N) is 1. The maximum Gasteiger partial charge on any atom is 0.339 e. The molecule has 3 rings (SSSR count). The zero-order valence-corrected chi connectivity index (χ0v) is 15.9. The molecule has 0 spiro atoms. The van der Waals surface area contributed by atoms with Crippen molar-refractivity contribution in [2.45, 2.75) is 6.54 Å². The van der Waals surface area contributed by atoms with E-state index in [1.807, 2.05) is 24.3 Å². The molecule has 2 N–H and O–H groups in total. The van der Waals surface area contributed by atoms with Gasteiger partial charge in [-0.1, -0.05) is 41.9 Å². The number of amides is 1. The first-order chi connectivity index (χ1) is 13.6. The molecule has 0 saturated carbocycles. The van der Waals surface area contributed by atoms with Crippen LogP contribution in [0, 0.1) is 0 Å². The van der Waals surface area contributed by atoms with Crippen LogP contribution in [0.15, 0.2) is 66.9 Å². The first kappa shape index (κ1) is 19.4. The number of hydrogen-bond donors (Lipinski definition) is 2. The quantitative estimate of drug-likeness (QED) is 0.605. The maximum absolute atomic E-state index is 12.6. The van der Waals surface area contributed by atoms with Crippen LogP contribution in [0.2, 0.25) is 5.02 Å². The van der Waals surface area contributed by atoms with Gasteiger partial charge in [0.15, 0.2) is 0 Å². The summed E-state index contributed by atoms with van der Waals surface area (Å²) in [5, 5.41) is 6.54. The van der Waals surface area contributed by atoms with E-state index in [0.717, 1.165) is 5.56 Å². The number of carbonyl (C=O) groups is 2. The van der Waals surface area contributed by atoms with Crippen LogP contribution in [0.4, 0.5) is 11.5 Å². The second-order valence-corrected chi connectivity index (χ2v) is 6.27. The molecule has 1 heterocycles. The van der Waals surface area contributed by atoms with Crippen LogP contribution in [-0.2, 0) is 11.3 Å². The van der Waals surface area contributed by atoms with Crippen LogP contribution >= 0.6 is 11.6 Å². The lowest BCUT2D eigenvalue weighted by molar-refractivity contribution is 0.0602. The Kier molecular flexibility index (Phi) is 6.24. The summed E-state index contributed by atoms with van der Waals surface area (Å²) in [6.45, 7) is 0.475. The number of hydrogen-bond acceptors (Lipinski definition) is 5. The van der Waals surface area contributed by atoms with Gasteiger partial charge >= 0.3 is 5.97 Å². The number of para-hydroxylation sites is 1. The van der Waals surface area contributed by atoms with Crippen LogP contribution in [0.5, 0.6) is 0 Å². The molecule has 0 unspecified atom stereocenters. The van der Waals surface area contributed by atoms with Crippen molar-refractivity contribution in [2.24, 2.45) is 0 Å². The highest BCUT2D eigenvalue weighted by molar-refractivity contribution is 6.31. The molecule has 1 aromatic heterocycles. The molecule has 1 amide bonds. The number of anilines is 2. The summed E-state index contributed by atoms with van der Waals surface area (Å²) >= 11 is 6.15. The number of carbonyl (C=O) groups excluding carboxylic acids is 2. The number of halogens is 1. The highest BCUT2D eigenvalue weighted by Gasteiger charge is 2.14. The molecule has 6 nitrogen and oxygen atoms in total. The number of aromatic nitrogens is 1. The van der Waals surface area contributed by atoms with Gasteiger partial charge in [-0.05, 0) is 35.9 Å². The summed E-state index contributed by atoms with van der Waals surface area (Å²) in [7, 11) is 1.29. The molecule has 0 saturated heterocycles. The van der Waals surface area contributed by atoms with Gasteiger partial charge < -0.3 is 15.4 Å². The molecule has 0 atom stereocenters. The second-order valence-electron chi connectivity index (χ2n) is 5.87. The first-order valence-electron chi connectivity index (χ1n) is 8.50. The molecule has 0 aliphatic rings. The van der Waals surface area contributed by atoms with Gasteiger partial charge in [-0.3, -0.25) is 4.79 Å². The van der Waals surface area contributed by atoms with Crippen molar-refractivity contribution in [3.05, 3.63) is 88.6 Å². The highest BCUT2D eigenvalue weighted by Crippen LogP contribution is 2.19. The van der Waals surface area contributed by atoms with E-state index in [4.69, 9.17) is 16.3 Å². The van der Waals surface area contributed by atoms with Crippen LogP contribution in [0.1, 0.15) is 26.3 Å². The lowest BCUT2D eigenvalue weighted by atomic mass is 10.1. The lowest BCUT2D eigenvalue weighted by Crippen LogP contribution is -2.16. The standard InChI is InChI=1S/C21H18ClN3O3/c1-28-21(27)16-7-3-5-9-18(16)25-20(26)14-10-11-23-19(12-14)24-13-15-6-2-4-8-17(15)22/h2-12H,13H2,1H3,(H,23,24)(H,25,26). The van der Waals surface area contributed by atoms with Crippen molar-refractivity contribution in [1.82, 2.24) is 4.98 Å². The van der Waals surface area contributed by atoms with E-state index >= 15 is 0 Å². The minimum atomic E-state index is -0.521. The SMILES string of the molecule is COC(=O)c1ccccc1NC(=O)c1ccnc(NCc2ccccc2Cl)c1.